The van der Waals surface area contributed by atoms with Crippen molar-refractivity contribution >= 4 is 17.3 Å². The molecule has 2 aromatic carbocycles. The molecular weight excluding hydrogens is 246 g/mol. The zero-order valence-corrected chi connectivity index (χ0v) is 11.1. The second kappa shape index (κ2) is 5.78. The standard InChI is InChI=1S/C15H16ClNO/c1-2-18-15-7-6-12(10-14(15)16)8-11-4-3-5-13(17)9-11/h3-7,9-10H,2,8,17H2,1H3. The maximum atomic E-state index is 6.16. The van der Waals surface area contributed by atoms with Gasteiger partial charge in [0.15, 0.2) is 0 Å². The van der Waals surface area contributed by atoms with Crippen LogP contribution in [0.5, 0.6) is 5.75 Å². The van der Waals surface area contributed by atoms with Crippen LogP contribution in [0.4, 0.5) is 5.69 Å². The lowest BCUT2D eigenvalue weighted by Gasteiger charge is -2.08. The van der Waals surface area contributed by atoms with Crippen LogP contribution in [0.1, 0.15) is 18.1 Å². The molecule has 18 heavy (non-hydrogen) atoms. The predicted octanol–water partition coefficient (Wildman–Crippen LogP) is 3.91. The molecule has 0 fully saturated rings. The number of nitrogen functional groups attached to an aromatic ring is 1. The Labute approximate surface area is 112 Å². The summed E-state index contributed by atoms with van der Waals surface area (Å²) in [5, 5.41) is 0.651. The van der Waals surface area contributed by atoms with Crippen LogP contribution < -0.4 is 10.5 Å². The maximum absolute atomic E-state index is 6.16. The number of hydrogen-bond acceptors (Lipinski definition) is 2. The molecule has 0 atom stereocenters. The molecule has 0 aromatic heterocycles. The average Bonchev–Trinajstić information content (AvgIpc) is 2.33. The molecule has 0 unspecified atom stereocenters. The number of halogens is 1. The largest absolute Gasteiger partial charge is 0.492 e. The molecule has 3 heteroatoms. The molecule has 0 bridgehead atoms. The van der Waals surface area contributed by atoms with Crippen LogP contribution in [-0.4, -0.2) is 6.61 Å². The van der Waals surface area contributed by atoms with Gasteiger partial charge in [0.2, 0.25) is 0 Å². The van der Waals surface area contributed by atoms with Crippen molar-refractivity contribution in [2.75, 3.05) is 12.3 Å². The van der Waals surface area contributed by atoms with Crippen molar-refractivity contribution in [3.05, 3.63) is 58.6 Å². The van der Waals surface area contributed by atoms with Crippen molar-refractivity contribution in [2.24, 2.45) is 0 Å². The van der Waals surface area contributed by atoms with E-state index in [4.69, 9.17) is 22.1 Å². The lowest BCUT2D eigenvalue weighted by molar-refractivity contribution is 0.340. The number of anilines is 1. The zero-order chi connectivity index (χ0) is 13.0. The van der Waals surface area contributed by atoms with E-state index in [9.17, 15) is 0 Å². The summed E-state index contributed by atoms with van der Waals surface area (Å²) in [5.41, 5.74) is 8.87. The fourth-order valence-electron chi connectivity index (χ4n) is 1.87. The van der Waals surface area contributed by atoms with Gasteiger partial charge in [-0.05, 0) is 48.7 Å². The van der Waals surface area contributed by atoms with Gasteiger partial charge >= 0.3 is 0 Å². The van der Waals surface area contributed by atoms with Gasteiger partial charge in [0, 0.05) is 5.69 Å². The van der Waals surface area contributed by atoms with E-state index < -0.39 is 0 Å². The number of nitrogens with two attached hydrogens (primary N) is 1. The number of rotatable bonds is 4. The molecule has 0 heterocycles. The van der Waals surface area contributed by atoms with Crippen molar-refractivity contribution in [3.63, 3.8) is 0 Å². The molecule has 2 nitrogen and oxygen atoms in total. The Hall–Kier alpha value is -1.67. The first kappa shape index (κ1) is 12.8. The molecule has 0 saturated carbocycles. The van der Waals surface area contributed by atoms with Gasteiger partial charge in [-0.2, -0.15) is 0 Å². The maximum Gasteiger partial charge on any atom is 0.137 e. The monoisotopic (exact) mass is 261 g/mol. The first-order valence-electron chi connectivity index (χ1n) is 5.94. The van der Waals surface area contributed by atoms with E-state index in [2.05, 4.69) is 6.07 Å². The van der Waals surface area contributed by atoms with Gasteiger partial charge in [-0.25, -0.2) is 0 Å². The number of benzene rings is 2. The van der Waals surface area contributed by atoms with E-state index in [0.29, 0.717) is 11.6 Å². The fraction of sp³-hybridized carbons (Fsp3) is 0.200. The van der Waals surface area contributed by atoms with E-state index in [-0.39, 0.29) is 0 Å². The quantitative estimate of drug-likeness (QED) is 0.847. The van der Waals surface area contributed by atoms with Crippen LogP contribution in [-0.2, 0) is 6.42 Å². The highest BCUT2D eigenvalue weighted by Gasteiger charge is 2.03. The molecule has 0 aliphatic rings. The lowest BCUT2D eigenvalue weighted by Crippen LogP contribution is -1.94. The molecule has 2 aromatic rings. The van der Waals surface area contributed by atoms with E-state index in [1.807, 2.05) is 43.3 Å². The average molecular weight is 262 g/mol. The van der Waals surface area contributed by atoms with Crippen LogP contribution in [0, 0.1) is 0 Å². The van der Waals surface area contributed by atoms with Crippen molar-refractivity contribution < 1.29 is 4.74 Å². The third-order valence-corrected chi connectivity index (χ3v) is 2.95. The summed E-state index contributed by atoms with van der Waals surface area (Å²) in [6, 6.07) is 13.8. The van der Waals surface area contributed by atoms with Crippen molar-refractivity contribution in [3.8, 4) is 5.75 Å². The normalized spacial score (nSPS) is 10.3. The topological polar surface area (TPSA) is 35.2 Å². The van der Waals surface area contributed by atoms with E-state index in [1.165, 1.54) is 5.56 Å². The molecule has 0 radical (unpaired) electrons. The Balaban J connectivity index is 2.17. The highest BCUT2D eigenvalue weighted by molar-refractivity contribution is 6.32. The van der Waals surface area contributed by atoms with E-state index in [0.717, 1.165) is 23.4 Å². The summed E-state index contributed by atoms with van der Waals surface area (Å²) in [7, 11) is 0. The van der Waals surface area contributed by atoms with Crippen molar-refractivity contribution in [2.45, 2.75) is 13.3 Å². The van der Waals surface area contributed by atoms with Crippen LogP contribution in [0.15, 0.2) is 42.5 Å². The molecule has 94 valence electrons. The summed E-state index contributed by atoms with van der Waals surface area (Å²) in [4.78, 5) is 0. The second-order valence-electron chi connectivity index (χ2n) is 4.12. The van der Waals surface area contributed by atoms with Crippen molar-refractivity contribution in [1.82, 2.24) is 0 Å². The SMILES string of the molecule is CCOc1ccc(Cc2cccc(N)c2)cc1Cl. The molecule has 0 amide bonds. The second-order valence-corrected chi connectivity index (χ2v) is 4.53. The third kappa shape index (κ3) is 3.17. The highest BCUT2D eigenvalue weighted by atomic mass is 35.5. The first-order valence-corrected chi connectivity index (χ1v) is 6.32. The Bertz CT molecular complexity index is 540. The van der Waals surface area contributed by atoms with Crippen molar-refractivity contribution in [1.29, 1.82) is 0 Å². The summed E-state index contributed by atoms with van der Waals surface area (Å²) in [6.07, 6.45) is 0.817. The van der Waals surface area contributed by atoms with Gasteiger partial charge in [0.05, 0.1) is 11.6 Å². The minimum atomic E-state index is 0.619. The molecular formula is C15H16ClNO. The first-order chi connectivity index (χ1) is 8.69. The van der Waals surface area contributed by atoms with Gasteiger partial charge in [0.1, 0.15) is 5.75 Å². The predicted molar refractivity (Wildman–Crippen MR) is 76.3 cm³/mol. The fourth-order valence-corrected chi connectivity index (χ4v) is 2.12. The van der Waals surface area contributed by atoms with Crippen LogP contribution in [0.2, 0.25) is 5.02 Å². The molecule has 0 aliphatic carbocycles. The smallest absolute Gasteiger partial charge is 0.137 e. The number of hydrogen-bond donors (Lipinski definition) is 1. The highest BCUT2D eigenvalue weighted by Crippen LogP contribution is 2.26. The summed E-state index contributed by atoms with van der Waals surface area (Å²) >= 11 is 6.16. The van der Waals surface area contributed by atoms with E-state index in [1.54, 1.807) is 0 Å². The number of ether oxygens (including phenoxy) is 1. The minimum Gasteiger partial charge on any atom is -0.492 e. The Morgan fingerprint density at radius 2 is 1.89 bits per heavy atom. The zero-order valence-electron chi connectivity index (χ0n) is 10.3. The van der Waals surface area contributed by atoms with Gasteiger partial charge in [-0.3, -0.25) is 0 Å². The summed E-state index contributed by atoms with van der Waals surface area (Å²) < 4.78 is 5.41. The van der Waals surface area contributed by atoms with Crippen LogP contribution in [0.3, 0.4) is 0 Å². The van der Waals surface area contributed by atoms with E-state index >= 15 is 0 Å². The third-order valence-electron chi connectivity index (χ3n) is 2.66. The Morgan fingerprint density at radius 1 is 1.11 bits per heavy atom. The molecule has 0 spiro atoms. The summed E-state index contributed by atoms with van der Waals surface area (Å²) in [5.74, 6) is 0.732. The molecule has 2 rings (SSSR count). The molecule has 0 saturated heterocycles. The molecule has 0 aliphatic heterocycles. The van der Waals surface area contributed by atoms with Gasteiger partial charge < -0.3 is 10.5 Å². The van der Waals surface area contributed by atoms with Gasteiger partial charge in [0.25, 0.3) is 0 Å². The van der Waals surface area contributed by atoms with Crippen LogP contribution in [0.25, 0.3) is 0 Å². The Morgan fingerprint density at radius 3 is 2.56 bits per heavy atom. The lowest BCUT2D eigenvalue weighted by atomic mass is 10.0. The summed E-state index contributed by atoms with van der Waals surface area (Å²) in [6.45, 7) is 2.56. The minimum absolute atomic E-state index is 0.619. The van der Waals surface area contributed by atoms with Gasteiger partial charge in [-0.1, -0.05) is 29.8 Å². The molecule has 2 N–H and O–H groups in total. The van der Waals surface area contributed by atoms with Gasteiger partial charge in [-0.15, -0.1) is 0 Å². The Kier molecular flexibility index (Phi) is 4.11. The van der Waals surface area contributed by atoms with Crippen LogP contribution >= 0.6 is 11.6 Å².